The molecule has 26 heavy (non-hydrogen) atoms. The third-order valence-corrected chi connectivity index (χ3v) is 7.80. The molecule has 0 bridgehead atoms. The van der Waals surface area contributed by atoms with Crippen LogP contribution in [0.2, 0.25) is 0 Å². The Balaban J connectivity index is 1.81. The van der Waals surface area contributed by atoms with Crippen LogP contribution in [-0.2, 0) is 10.0 Å². The molecule has 0 saturated carbocycles. The van der Waals surface area contributed by atoms with E-state index in [9.17, 15) is 13.5 Å². The molecule has 7 heteroatoms. The smallest absolute Gasteiger partial charge is 0.243 e. The Morgan fingerprint density at radius 3 is 2.65 bits per heavy atom. The summed E-state index contributed by atoms with van der Waals surface area (Å²) < 4.78 is 29.2. The van der Waals surface area contributed by atoms with Gasteiger partial charge in [0.25, 0.3) is 0 Å². The van der Waals surface area contributed by atoms with Crippen LogP contribution in [0.15, 0.2) is 51.8 Å². The SMILES string of the molecule is Cc1ccc(S(=O)(=O)N2CC[C@H]3[C@H](CO)Nc4ccc(Br)cc4[C@H]32)cc1. The highest BCUT2D eigenvalue weighted by molar-refractivity contribution is 9.10. The second-order valence-corrected chi connectivity index (χ2v) is 9.80. The van der Waals surface area contributed by atoms with Gasteiger partial charge in [-0.3, -0.25) is 0 Å². The Morgan fingerprint density at radius 2 is 1.96 bits per heavy atom. The minimum atomic E-state index is -3.60. The van der Waals surface area contributed by atoms with Gasteiger partial charge in [-0.15, -0.1) is 0 Å². The van der Waals surface area contributed by atoms with Gasteiger partial charge in [-0.2, -0.15) is 4.31 Å². The maximum atomic E-state index is 13.3. The number of hydrogen-bond donors (Lipinski definition) is 2. The summed E-state index contributed by atoms with van der Waals surface area (Å²) in [5.41, 5.74) is 2.88. The first-order valence-corrected chi connectivity index (χ1v) is 10.9. The quantitative estimate of drug-likeness (QED) is 0.774. The molecule has 4 rings (SSSR count). The molecule has 0 unspecified atom stereocenters. The number of nitrogens with one attached hydrogen (secondary N) is 1. The van der Waals surface area contributed by atoms with Crippen LogP contribution in [0, 0.1) is 12.8 Å². The van der Waals surface area contributed by atoms with Gasteiger partial charge in [-0.25, -0.2) is 8.42 Å². The fourth-order valence-electron chi connectivity index (χ4n) is 4.11. The zero-order chi connectivity index (χ0) is 18.5. The number of sulfonamides is 1. The first-order valence-electron chi connectivity index (χ1n) is 8.67. The van der Waals surface area contributed by atoms with Crippen molar-refractivity contribution in [2.75, 3.05) is 18.5 Å². The third kappa shape index (κ3) is 2.87. The number of anilines is 1. The van der Waals surface area contributed by atoms with Gasteiger partial charge < -0.3 is 10.4 Å². The predicted molar refractivity (Wildman–Crippen MR) is 105 cm³/mol. The highest BCUT2D eigenvalue weighted by Gasteiger charge is 2.48. The van der Waals surface area contributed by atoms with Crippen molar-refractivity contribution in [3.05, 3.63) is 58.1 Å². The maximum absolute atomic E-state index is 13.3. The van der Waals surface area contributed by atoms with Crippen LogP contribution in [0.25, 0.3) is 0 Å². The number of nitrogens with zero attached hydrogens (tertiary/aromatic N) is 1. The van der Waals surface area contributed by atoms with Crippen molar-refractivity contribution in [3.63, 3.8) is 0 Å². The lowest BCUT2D eigenvalue weighted by atomic mass is 9.84. The standard InChI is InChI=1S/C19H21BrN2O3S/c1-12-2-5-14(6-3-12)26(24,25)22-9-8-15-18(11-23)21-17-7-4-13(20)10-16(17)19(15)22/h2-7,10,15,18-19,21,23H,8-9,11H2,1H3/t15-,18-,19-/m0/s1. The molecule has 2 aromatic rings. The second kappa shape index (κ2) is 6.64. The van der Waals surface area contributed by atoms with E-state index in [1.165, 1.54) is 0 Å². The van der Waals surface area contributed by atoms with E-state index in [0.29, 0.717) is 11.4 Å². The summed E-state index contributed by atoms with van der Waals surface area (Å²) in [5, 5.41) is 13.2. The van der Waals surface area contributed by atoms with Gasteiger partial charge in [0.15, 0.2) is 0 Å². The summed E-state index contributed by atoms with van der Waals surface area (Å²) in [4.78, 5) is 0.319. The number of rotatable bonds is 3. The molecule has 2 aliphatic rings. The van der Waals surface area contributed by atoms with E-state index in [1.54, 1.807) is 16.4 Å². The third-order valence-electron chi connectivity index (χ3n) is 5.41. The molecular formula is C19H21BrN2O3S. The van der Waals surface area contributed by atoms with Gasteiger partial charge in [0, 0.05) is 22.6 Å². The van der Waals surface area contributed by atoms with Crippen LogP contribution < -0.4 is 5.32 Å². The van der Waals surface area contributed by atoms with E-state index in [4.69, 9.17) is 0 Å². The molecule has 2 aliphatic heterocycles. The number of aliphatic hydroxyl groups excluding tert-OH is 1. The lowest BCUT2D eigenvalue weighted by Gasteiger charge is -2.38. The average Bonchev–Trinajstić information content (AvgIpc) is 3.08. The number of hydrogen-bond acceptors (Lipinski definition) is 4. The van der Waals surface area contributed by atoms with Gasteiger partial charge in [0.1, 0.15) is 0 Å². The summed E-state index contributed by atoms with van der Waals surface area (Å²) in [6.07, 6.45) is 0.722. The molecule has 2 heterocycles. The number of benzene rings is 2. The summed E-state index contributed by atoms with van der Waals surface area (Å²) in [7, 11) is -3.60. The molecule has 5 nitrogen and oxygen atoms in total. The fourth-order valence-corrected chi connectivity index (χ4v) is 6.15. The van der Waals surface area contributed by atoms with Crippen molar-refractivity contribution < 1.29 is 13.5 Å². The molecule has 0 aromatic heterocycles. The minimum absolute atomic E-state index is 0.0188. The number of fused-ring (bicyclic) bond motifs is 3. The molecule has 138 valence electrons. The van der Waals surface area contributed by atoms with Crippen LogP contribution >= 0.6 is 15.9 Å². The van der Waals surface area contributed by atoms with Crippen molar-refractivity contribution in [2.45, 2.75) is 30.3 Å². The van der Waals surface area contributed by atoms with E-state index >= 15 is 0 Å². The molecule has 1 fully saturated rings. The zero-order valence-electron chi connectivity index (χ0n) is 14.4. The predicted octanol–water partition coefficient (Wildman–Crippen LogP) is 3.30. The van der Waals surface area contributed by atoms with E-state index < -0.39 is 10.0 Å². The molecule has 0 aliphatic carbocycles. The van der Waals surface area contributed by atoms with E-state index in [0.717, 1.165) is 27.7 Å². The van der Waals surface area contributed by atoms with E-state index in [1.807, 2.05) is 37.3 Å². The highest BCUT2D eigenvalue weighted by Crippen LogP contribution is 2.48. The molecule has 1 saturated heterocycles. The second-order valence-electron chi connectivity index (χ2n) is 6.99. The Hall–Kier alpha value is -1.41. The van der Waals surface area contributed by atoms with Crippen LogP contribution in [0.4, 0.5) is 5.69 Å². The van der Waals surface area contributed by atoms with Crippen molar-refractivity contribution in [1.29, 1.82) is 0 Å². The maximum Gasteiger partial charge on any atom is 0.243 e. The number of halogens is 1. The molecule has 2 aromatic carbocycles. The lowest BCUT2D eigenvalue weighted by molar-refractivity contribution is 0.210. The molecule has 2 N–H and O–H groups in total. The largest absolute Gasteiger partial charge is 0.394 e. The van der Waals surface area contributed by atoms with Crippen molar-refractivity contribution >= 4 is 31.6 Å². The Kier molecular flexibility index (Phi) is 4.59. The van der Waals surface area contributed by atoms with Gasteiger partial charge in [-0.05, 0) is 49.2 Å². The minimum Gasteiger partial charge on any atom is -0.394 e. The van der Waals surface area contributed by atoms with Gasteiger partial charge >= 0.3 is 0 Å². The van der Waals surface area contributed by atoms with Gasteiger partial charge in [0.05, 0.1) is 23.6 Å². The Bertz CT molecular complexity index is 930. The fraction of sp³-hybridized carbons (Fsp3) is 0.368. The summed E-state index contributed by atoms with van der Waals surface area (Å²) in [5.74, 6) is 0.0435. The summed E-state index contributed by atoms with van der Waals surface area (Å²) in [6, 6.07) is 12.4. The summed E-state index contributed by atoms with van der Waals surface area (Å²) in [6.45, 7) is 2.37. The lowest BCUT2D eigenvalue weighted by Crippen LogP contribution is -2.42. The number of aliphatic hydroxyl groups is 1. The van der Waals surface area contributed by atoms with Gasteiger partial charge in [-0.1, -0.05) is 33.6 Å². The first-order chi connectivity index (χ1) is 12.4. The Labute approximate surface area is 162 Å². The summed E-state index contributed by atoms with van der Waals surface area (Å²) >= 11 is 3.50. The van der Waals surface area contributed by atoms with E-state index in [2.05, 4.69) is 21.2 Å². The molecule has 0 spiro atoms. The van der Waals surface area contributed by atoms with E-state index in [-0.39, 0.29) is 24.6 Å². The topological polar surface area (TPSA) is 69.6 Å². The van der Waals surface area contributed by atoms with Crippen LogP contribution in [0.1, 0.15) is 23.6 Å². The monoisotopic (exact) mass is 436 g/mol. The highest BCUT2D eigenvalue weighted by atomic mass is 79.9. The molecular weight excluding hydrogens is 416 g/mol. The van der Waals surface area contributed by atoms with Crippen molar-refractivity contribution in [2.24, 2.45) is 5.92 Å². The Morgan fingerprint density at radius 1 is 1.23 bits per heavy atom. The zero-order valence-corrected chi connectivity index (χ0v) is 16.8. The van der Waals surface area contributed by atoms with Gasteiger partial charge in [0.2, 0.25) is 10.0 Å². The van der Waals surface area contributed by atoms with Crippen molar-refractivity contribution in [1.82, 2.24) is 4.31 Å². The normalized spacial score (nSPS) is 25.4. The van der Waals surface area contributed by atoms with Crippen LogP contribution in [-0.4, -0.2) is 37.0 Å². The average molecular weight is 437 g/mol. The first kappa shape index (κ1) is 18.0. The molecule has 0 amide bonds. The van der Waals surface area contributed by atoms with Crippen molar-refractivity contribution in [3.8, 4) is 0 Å². The number of aryl methyl sites for hydroxylation is 1. The van der Waals surface area contributed by atoms with Crippen LogP contribution in [0.5, 0.6) is 0 Å². The molecule has 0 radical (unpaired) electrons. The van der Waals surface area contributed by atoms with Crippen LogP contribution in [0.3, 0.4) is 0 Å². The molecule has 3 atom stereocenters.